The fraction of sp³-hybridized carbons (Fsp3) is 0.389. The van der Waals surface area contributed by atoms with E-state index in [0.29, 0.717) is 6.42 Å². The summed E-state index contributed by atoms with van der Waals surface area (Å²) in [6, 6.07) is 7.75. The Morgan fingerprint density at radius 1 is 1.30 bits per heavy atom. The Hall–Kier alpha value is -2.27. The van der Waals surface area contributed by atoms with E-state index in [0.717, 1.165) is 36.3 Å². The number of hydrogen-bond acceptors (Lipinski definition) is 4. The number of carbonyl (C=O) groups excluding carboxylic acids is 1. The average Bonchev–Trinajstić information content (AvgIpc) is 2.58. The highest BCUT2D eigenvalue weighted by molar-refractivity contribution is 5.78. The topological polar surface area (TPSA) is 64.1 Å². The summed E-state index contributed by atoms with van der Waals surface area (Å²) in [5.74, 6) is 0.00482. The molecule has 2 atom stereocenters. The second-order valence-electron chi connectivity index (χ2n) is 5.87. The van der Waals surface area contributed by atoms with Crippen LogP contribution in [0, 0.1) is 6.92 Å². The maximum absolute atomic E-state index is 12.3. The van der Waals surface area contributed by atoms with Gasteiger partial charge in [-0.2, -0.15) is 0 Å². The molecule has 0 radical (unpaired) electrons. The summed E-state index contributed by atoms with van der Waals surface area (Å²) in [6.07, 6.45) is 7.38. The van der Waals surface area contributed by atoms with E-state index in [1.807, 2.05) is 31.2 Å². The van der Waals surface area contributed by atoms with Gasteiger partial charge in [0.05, 0.1) is 12.5 Å². The van der Waals surface area contributed by atoms with Crippen molar-refractivity contribution in [3.05, 3.63) is 59.7 Å². The highest BCUT2D eigenvalue weighted by Gasteiger charge is 2.28. The summed E-state index contributed by atoms with van der Waals surface area (Å²) in [5, 5.41) is 3.12. The Balaban J connectivity index is 1.64. The molecule has 1 aliphatic heterocycles. The molecule has 1 amide bonds. The van der Waals surface area contributed by atoms with Crippen LogP contribution in [-0.4, -0.2) is 28.5 Å². The summed E-state index contributed by atoms with van der Waals surface area (Å²) in [4.78, 5) is 20.6. The van der Waals surface area contributed by atoms with Gasteiger partial charge < -0.3 is 10.1 Å². The van der Waals surface area contributed by atoms with Crippen molar-refractivity contribution >= 4 is 5.91 Å². The molecule has 2 aromatic rings. The molecule has 3 rings (SSSR count). The minimum Gasteiger partial charge on any atom is -0.371 e. The summed E-state index contributed by atoms with van der Waals surface area (Å²) >= 11 is 0. The van der Waals surface area contributed by atoms with Crippen molar-refractivity contribution in [3.63, 3.8) is 0 Å². The van der Waals surface area contributed by atoms with Crippen molar-refractivity contribution in [2.75, 3.05) is 6.61 Å². The molecule has 2 aromatic heterocycles. The third-order valence-corrected chi connectivity index (χ3v) is 4.04. The molecule has 5 heteroatoms. The lowest BCUT2D eigenvalue weighted by Gasteiger charge is -2.32. The molecule has 3 heterocycles. The lowest BCUT2D eigenvalue weighted by molar-refractivity contribution is -0.123. The molecule has 1 aliphatic rings. The Kier molecular flexibility index (Phi) is 4.98. The lowest BCUT2D eigenvalue weighted by atomic mass is 9.96. The van der Waals surface area contributed by atoms with E-state index in [1.165, 1.54) is 0 Å². The molecule has 5 nitrogen and oxygen atoms in total. The second kappa shape index (κ2) is 7.33. The van der Waals surface area contributed by atoms with Crippen LogP contribution in [0.1, 0.15) is 35.8 Å². The third kappa shape index (κ3) is 4.13. The van der Waals surface area contributed by atoms with Crippen molar-refractivity contribution in [1.82, 2.24) is 15.3 Å². The molecule has 1 N–H and O–H groups in total. The van der Waals surface area contributed by atoms with Crippen LogP contribution in [0.5, 0.6) is 0 Å². The first-order chi connectivity index (χ1) is 11.2. The Bertz CT molecular complexity index is 643. The molecule has 1 fully saturated rings. The number of rotatable bonds is 4. The van der Waals surface area contributed by atoms with Gasteiger partial charge in [-0.1, -0.05) is 6.07 Å². The fourth-order valence-electron chi connectivity index (χ4n) is 2.86. The summed E-state index contributed by atoms with van der Waals surface area (Å²) in [5.41, 5.74) is 2.93. The normalized spacial score (nSPS) is 20.9. The molecule has 0 aromatic carbocycles. The van der Waals surface area contributed by atoms with Crippen LogP contribution in [0.4, 0.5) is 0 Å². The number of carbonyl (C=O) groups is 1. The van der Waals surface area contributed by atoms with E-state index in [-0.39, 0.29) is 18.1 Å². The molecule has 0 saturated carbocycles. The standard InChI is InChI=1S/C18H21N3O2/c1-13-4-5-14(12-20-13)11-17(22)21-16-3-2-10-23-18(16)15-6-8-19-9-7-15/h4-9,12,16,18H,2-3,10-11H2,1H3,(H,21,22)/t16-,18+/m0/s1. The molecule has 1 saturated heterocycles. The number of aryl methyl sites for hydroxylation is 1. The predicted octanol–water partition coefficient (Wildman–Crippen LogP) is 2.36. The minimum absolute atomic E-state index is 0.00272. The van der Waals surface area contributed by atoms with E-state index < -0.39 is 0 Å². The zero-order valence-corrected chi connectivity index (χ0v) is 13.2. The predicted molar refractivity (Wildman–Crippen MR) is 86.8 cm³/mol. The van der Waals surface area contributed by atoms with E-state index in [9.17, 15) is 4.79 Å². The van der Waals surface area contributed by atoms with Crippen molar-refractivity contribution in [1.29, 1.82) is 0 Å². The summed E-state index contributed by atoms with van der Waals surface area (Å²) in [7, 11) is 0. The Labute approximate surface area is 136 Å². The fourth-order valence-corrected chi connectivity index (χ4v) is 2.86. The molecule has 0 aliphatic carbocycles. The van der Waals surface area contributed by atoms with Crippen molar-refractivity contribution < 1.29 is 9.53 Å². The van der Waals surface area contributed by atoms with E-state index in [2.05, 4.69) is 15.3 Å². The van der Waals surface area contributed by atoms with Gasteiger partial charge in [0.15, 0.2) is 0 Å². The van der Waals surface area contributed by atoms with Gasteiger partial charge in [0, 0.05) is 30.9 Å². The van der Waals surface area contributed by atoms with Crippen LogP contribution in [0.15, 0.2) is 42.9 Å². The van der Waals surface area contributed by atoms with Crippen LogP contribution >= 0.6 is 0 Å². The molecule has 0 unspecified atom stereocenters. The first-order valence-corrected chi connectivity index (χ1v) is 7.95. The van der Waals surface area contributed by atoms with Crippen molar-refractivity contribution in [3.8, 4) is 0 Å². The van der Waals surface area contributed by atoms with Gasteiger partial charge in [-0.25, -0.2) is 0 Å². The zero-order valence-electron chi connectivity index (χ0n) is 13.2. The number of nitrogens with one attached hydrogen (secondary N) is 1. The van der Waals surface area contributed by atoms with Crippen LogP contribution in [0.25, 0.3) is 0 Å². The van der Waals surface area contributed by atoms with Crippen LogP contribution in [-0.2, 0) is 16.0 Å². The van der Waals surface area contributed by atoms with Crippen molar-refractivity contribution in [2.45, 2.75) is 38.3 Å². The quantitative estimate of drug-likeness (QED) is 0.941. The molecular weight excluding hydrogens is 290 g/mol. The number of hydrogen-bond donors (Lipinski definition) is 1. The van der Waals surface area contributed by atoms with E-state index >= 15 is 0 Å². The summed E-state index contributed by atoms with van der Waals surface area (Å²) < 4.78 is 5.89. The number of amides is 1. The first-order valence-electron chi connectivity index (χ1n) is 7.95. The van der Waals surface area contributed by atoms with Gasteiger partial charge in [-0.05, 0) is 49.1 Å². The zero-order chi connectivity index (χ0) is 16.1. The third-order valence-electron chi connectivity index (χ3n) is 4.04. The SMILES string of the molecule is Cc1ccc(CC(=O)N[C@H]2CCCO[C@@H]2c2ccncc2)cn1. The second-order valence-corrected chi connectivity index (χ2v) is 5.87. The number of ether oxygens (including phenoxy) is 1. The number of pyridine rings is 2. The Morgan fingerprint density at radius 2 is 2.13 bits per heavy atom. The molecule has 23 heavy (non-hydrogen) atoms. The lowest BCUT2D eigenvalue weighted by Crippen LogP contribution is -2.43. The maximum Gasteiger partial charge on any atom is 0.224 e. The minimum atomic E-state index is -0.105. The van der Waals surface area contributed by atoms with Gasteiger partial charge >= 0.3 is 0 Å². The van der Waals surface area contributed by atoms with Gasteiger partial charge in [-0.3, -0.25) is 14.8 Å². The van der Waals surface area contributed by atoms with Gasteiger partial charge in [0.1, 0.15) is 6.10 Å². The Morgan fingerprint density at radius 3 is 2.87 bits per heavy atom. The van der Waals surface area contributed by atoms with Crippen LogP contribution in [0.3, 0.4) is 0 Å². The largest absolute Gasteiger partial charge is 0.371 e. The summed E-state index contributed by atoms with van der Waals surface area (Å²) in [6.45, 7) is 2.66. The van der Waals surface area contributed by atoms with Gasteiger partial charge in [-0.15, -0.1) is 0 Å². The van der Waals surface area contributed by atoms with E-state index in [1.54, 1.807) is 18.6 Å². The average molecular weight is 311 g/mol. The maximum atomic E-state index is 12.3. The van der Waals surface area contributed by atoms with Crippen LogP contribution < -0.4 is 5.32 Å². The van der Waals surface area contributed by atoms with Crippen molar-refractivity contribution in [2.24, 2.45) is 0 Å². The number of nitrogens with zero attached hydrogens (tertiary/aromatic N) is 2. The highest BCUT2D eigenvalue weighted by atomic mass is 16.5. The molecular formula is C18H21N3O2. The smallest absolute Gasteiger partial charge is 0.224 e. The highest BCUT2D eigenvalue weighted by Crippen LogP contribution is 2.28. The monoisotopic (exact) mass is 311 g/mol. The molecule has 0 bridgehead atoms. The first kappa shape index (κ1) is 15.6. The van der Waals surface area contributed by atoms with E-state index in [4.69, 9.17) is 4.74 Å². The van der Waals surface area contributed by atoms with Gasteiger partial charge in [0.25, 0.3) is 0 Å². The van der Waals surface area contributed by atoms with Crippen LogP contribution in [0.2, 0.25) is 0 Å². The molecule has 0 spiro atoms. The van der Waals surface area contributed by atoms with Gasteiger partial charge in [0.2, 0.25) is 5.91 Å². The molecule has 120 valence electrons. The number of aromatic nitrogens is 2.